The molecular formula is C22H18F3N5O. The van der Waals surface area contributed by atoms with E-state index in [-0.39, 0.29) is 18.0 Å². The fourth-order valence-corrected chi connectivity index (χ4v) is 4.17. The average Bonchev–Trinajstić information content (AvgIpc) is 3.30. The first kappa shape index (κ1) is 19.3. The zero-order chi connectivity index (χ0) is 21.9. The first-order valence-electron chi connectivity index (χ1n) is 9.76. The molecule has 3 aromatic heterocycles. The normalized spacial score (nSPS) is 13.6. The second-order valence-corrected chi connectivity index (χ2v) is 7.72. The summed E-state index contributed by atoms with van der Waals surface area (Å²) >= 11 is 0. The molecule has 9 heteroatoms. The van der Waals surface area contributed by atoms with Crippen molar-refractivity contribution in [2.75, 3.05) is 6.54 Å². The summed E-state index contributed by atoms with van der Waals surface area (Å²) in [6, 6.07) is 5.76. The zero-order valence-corrected chi connectivity index (χ0v) is 16.9. The molecule has 0 radical (unpaired) electrons. The summed E-state index contributed by atoms with van der Waals surface area (Å²) in [5, 5.41) is 8.71. The predicted molar refractivity (Wildman–Crippen MR) is 107 cm³/mol. The van der Waals surface area contributed by atoms with Gasteiger partial charge in [-0.2, -0.15) is 10.2 Å². The minimum Gasteiger partial charge on any atom is -0.332 e. The highest BCUT2D eigenvalue weighted by Crippen LogP contribution is 2.32. The van der Waals surface area contributed by atoms with E-state index in [2.05, 4.69) is 10.2 Å². The van der Waals surface area contributed by atoms with Crippen LogP contribution in [0.3, 0.4) is 0 Å². The second kappa shape index (κ2) is 6.97. The van der Waals surface area contributed by atoms with E-state index in [9.17, 15) is 18.0 Å². The summed E-state index contributed by atoms with van der Waals surface area (Å²) in [6.45, 7) is 2.63. The topological polar surface area (TPSA) is 55.4 Å². The highest BCUT2D eigenvalue weighted by atomic mass is 19.2. The van der Waals surface area contributed by atoms with Crippen molar-refractivity contribution in [3.63, 3.8) is 0 Å². The highest BCUT2D eigenvalue weighted by molar-refractivity contribution is 6.00. The lowest BCUT2D eigenvalue weighted by atomic mass is 9.99. The van der Waals surface area contributed by atoms with Crippen LogP contribution in [0.1, 0.15) is 27.2 Å². The molecule has 1 aliphatic rings. The molecule has 0 unspecified atom stereocenters. The molecule has 0 bridgehead atoms. The van der Waals surface area contributed by atoms with Crippen molar-refractivity contribution in [3.8, 4) is 11.3 Å². The maximum absolute atomic E-state index is 13.8. The molecule has 0 saturated heterocycles. The molecular weight excluding hydrogens is 407 g/mol. The molecule has 4 heterocycles. The number of pyridine rings is 1. The Morgan fingerprint density at radius 1 is 1.13 bits per heavy atom. The van der Waals surface area contributed by atoms with E-state index < -0.39 is 17.5 Å². The van der Waals surface area contributed by atoms with Gasteiger partial charge in [-0.15, -0.1) is 0 Å². The number of nitrogens with zero attached hydrogens (tertiary/aromatic N) is 5. The van der Waals surface area contributed by atoms with Crippen molar-refractivity contribution in [2.24, 2.45) is 7.05 Å². The Kier molecular flexibility index (Phi) is 4.35. The SMILES string of the molecule is Cc1ccn2ncc(C(=O)N3CCc4c(nn(C)c4-c4cc(F)c(F)c(F)c4)C3)c2c1. The zero-order valence-electron chi connectivity index (χ0n) is 16.9. The van der Waals surface area contributed by atoms with Gasteiger partial charge in [0.25, 0.3) is 5.91 Å². The monoisotopic (exact) mass is 425 g/mol. The number of halogens is 3. The summed E-state index contributed by atoms with van der Waals surface area (Å²) in [7, 11) is 1.66. The summed E-state index contributed by atoms with van der Waals surface area (Å²) in [4.78, 5) is 14.9. The van der Waals surface area contributed by atoms with Crippen LogP contribution in [0.5, 0.6) is 0 Å². The highest BCUT2D eigenvalue weighted by Gasteiger charge is 2.29. The van der Waals surface area contributed by atoms with Gasteiger partial charge in [0.2, 0.25) is 0 Å². The molecule has 31 heavy (non-hydrogen) atoms. The lowest BCUT2D eigenvalue weighted by Gasteiger charge is -2.26. The van der Waals surface area contributed by atoms with Crippen LogP contribution in [0.25, 0.3) is 16.8 Å². The van der Waals surface area contributed by atoms with Gasteiger partial charge in [-0.3, -0.25) is 9.48 Å². The maximum atomic E-state index is 13.8. The van der Waals surface area contributed by atoms with Crippen molar-refractivity contribution in [1.82, 2.24) is 24.3 Å². The average molecular weight is 425 g/mol. The van der Waals surface area contributed by atoms with E-state index >= 15 is 0 Å². The van der Waals surface area contributed by atoms with Crippen molar-refractivity contribution >= 4 is 11.4 Å². The van der Waals surface area contributed by atoms with Crippen LogP contribution in [-0.4, -0.2) is 36.7 Å². The number of benzene rings is 1. The summed E-state index contributed by atoms with van der Waals surface area (Å²) in [5.41, 5.74) is 4.44. The van der Waals surface area contributed by atoms with Crippen LogP contribution in [0.2, 0.25) is 0 Å². The van der Waals surface area contributed by atoms with Crippen molar-refractivity contribution < 1.29 is 18.0 Å². The van der Waals surface area contributed by atoms with Crippen molar-refractivity contribution in [2.45, 2.75) is 19.9 Å². The van der Waals surface area contributed by atoms with E-state index in [0.717, 1.165) is 28.8 Å². The number of carbonyl (C=O) groups is 1. The number of amides is 1. The summed E-state index contributed by atoms with van der Waals surface area (Å²) in [5.74, 6) is -4.15. The van der Waals surface area contributed by atoms with E-state index in [0.29, 0.717) is 29.9 Å². The van der Waals surface area contributed by atoms with Crippen molar-refractivity contribution in [3.05, 3.63) is 76.5 Å². The number of aryl methyl sites for hydroxylation is 2. The molecule has 1 amide bonds. The first-order chi connectivity index (χ1) is 14.8. The van der Waals surface area contributed by atoms with Gasteiger partial charge in [0.1, 0.15) is 0 Å². The first-order valence-corrected chi connectivity index (χ1v) is 9.76. The number of aromatic nitrogens is 4. The number of hydrogen-bond donors (Lipinski definition) is 0. The van der Waals surface area contributed by atoms with Gasteiger partial charge in [-0.25, -0.2) is 17.7 Å². The van der Waals surface area contributed by atoms with Gasteiger partial charge < -0.3 is 4.90 Å². The number of carbonyl (C=O) groups excluding carboxylic acids is 1. The van der Waals surface area contributed by atoms with Crippen molar-refractivity contribution in [1.29, 1.82) is 0 Å². The van der Waals surface area contributed by atoms with Gasteiger partial charge in [0.05, 0.1) is 35.2 Å². The Bertz CT molecular complexity index is 1330. The molecule has 1 aliphatic heterocycles. The molecule has 4 aromatic rings. The van der Waals surface area contributed by atoms with Crippen LogP contribution >= 0.6 is 0 Å². The second-order valence-electron chi connectivity index (χ2n) is 7.72. The third-order valence-electron chi connectivity index (χ3n) is 5.65. The largest absolute Gasteiger partial charge is 0.332 e. The maximum Gasteiger partial charge on any atom is 0.258 e. The molecule has 0 N–H and O–H groups in total. The smallest absolute Gasteiger partial charge is 0.258 e. The third kappa shape index (κ3) is 3.08. The molecule has 1 aromatic carbocycles. The Morgan fingerprint density at radius 2 is 1.87 bits per heavy atom. The van der Waals surface area contributed by atoms with Gasteiger partial charge in [0, 0.05) is 30.9 Å². The van der Waals surface area contributed by atoms with Crippen LogP contribution in [0.4, 0.5) is 13.2 Å². The fourth-order valence-electron chi connectivity index (χ4n) is 4.17. The van der Waals surface area contributed by atoms with Gasteiger partial charge >= 0.3 is 0 Å². The van der Waals surface area contributed by atoms with Gasteiger partial charge in [0.15, 0.2) is 17.5 Å². The molecule has 0 aliphatic carbocycles. The predicted octanol–water partition coefficient (Wildman–Crippen LogP) is 3.66. The van der Waals surface area contributed by atoms with Gasteiger partial charge in [-0.05, 0) is 43.2 Å². The van der Waals surface area contributed by atoms with Gasteiger partial charge in [-0.1, -0.05) is 0 Å². The molecule has 0 spiro atoms. The van der Waals surface area contributed by atoms with E-state index in [1.165, 1.54) is 4.68 Å². The molecule has 0 saturated carbocycles. The number of fused-ring (bicyclic) bond motifs is 2. The molecule has 0 fully saturated rings. The number of rotatable bonds is 2. The third-order valence-corrected chi connectivity index (χ3v) is 5.65. The van der Waals surface area contributed by atoms with Crippen LogP contribution in [0, 0.1) is 24.4 Å². The Hall–Kier alpha value is -3.62. The Morgan fingerprint density at radius 3 is 2.61 bits per heavy atom. The minimum absolute atomic E-state index is 0.155. The lowest BCUT2D eigenvalue weighted by Crippen LogP contribution is -2.35. The minimum atomic E-state index is -1.50. The lowest BCUT2D eigenvalue weighted by molar-refractivity contribution is 0.0734. The Balaban J connectivity index is 1.49. The van der Waals surface area contributed by atoms with Crippen LogP contribution in [0.15, 0.2) is 36.7 Å². The fraction of sp³-hybridized carbons (Fsp3) is 0.227. The number of hydrogen-bond acceptors (Lipinski definition) is 3. The summed E-state index contributed by atoms with van der Waals surface area (Å²) in [6.07, 6.45) is 3.82. The molecule has 5 rings (SSSR count). The van der Waals surface area contributed by atoms with Crippen LogP contribution in [-0.2, 0) is 20.0 Å². The molecule has 0 atom stereocenters. The molecule has 158 valence electrons. The van der Waals surface area contributed by atoms with Crippen LogP contribution < -0.4 is 0 Å². The van der Waals surface area contributed by atoms with E-state index in [1.807, 2.05) is 25.3 Å². The summed E-state index contributed by atoms with van der Waals surface area (Å²) < 4.78 is 44.1. The van der Waals surface area contributed by atoms with E-state index in [1.54, 1.807) is 22.7 Å². The Labute approximate surface area is 175 Å². The molecule has 6 nitrogen and oxygen atoms in total. The quantitative estimate of drug-likeness (QED) is 0.461. The van der Waals surface area contributed by atoms with E-state index in [4.69, 9.17) is 0 Å². The standard InChI is InChI=1S/C22H18F3N5O/c1-12-3-6-30-19(7-12)15(10-26-30)22(31)29-5-4-14-18(11-29)27-28(2)21(14)13-8-16(23)20(25)17(24)9-13/h3,6-10H,4-5,11H2,1-2H3.